The summed E-state index contributed by atoms with van der Waals surface area (Å²) in [7, 11) is -2.60. The monoisotopic (exact) mass is 466 g/mol. The van der Waals surface area contributed by atoms with Crippen molar-refractivity contribution < 1.29 is 4.42 Å². The molecule has 35 heavy (non-hydrogen) atoms. The van der Waals surface area contributed by atoms with Gasteiger partial charge in [-0.25, -0.2) is 0 Å². The molecular formula is C31H22N2OSi. The summed E-state index contributed by atoms with van der Waals surface area (Å²) in [6.45, 7) is 0. The molecule has 0 atom stereocenters. The van der Waals surface area contributed by atoms with E-state index >= 15 is 0 Å². The van der Waals surface area contributed by atoms with Crippen LogP contribution in [0.3, 0.4) is 0 Å². The van der Waals surface area contributed by atoms with Crippen molar-refractivity contribution in [2.75, 3.05) is 0 Å². The van der Waals surface area contributed by atoms with Crippen LogP contribution in [-0.4, -0.2) is 17.5 Å². The molecule has 0 fully saturated rings. The maximum absolute atomic E-state index is 6.08. The average Bonchev–Trinajstić information content (AvgIpc) is 3.47. The third-order valence-corrected chi connectivity index (χ3v) is 11.8. The molecule has 7 aromatic rings. The van der Waals surface area contributed by atoms with Crippen molar-refractivity contribution in [2.45, 2.75) is 0 Å². The van der Waals surface area contributed by atoms with E-state index in [1.165, 1.54) is 20.7 Å². The minimum absolute atomic E-state index is 0.629. The number of fused-ring (bicyclic) bond motifs is 5. The van der Waals surface area contributed by atoms with Gasteiger partial charge >= 0.3 is 5.84 Å². The van der Waals surface area contributed by atoms with Gasteiger partial charge in [0.2, 0.25) is 0 Å². The Morgan fingerprint density at radius 2 is 1.06 bits per heavy atom. The van der Waals surface area contributed by atoms with Gasteiger partial charge in [0, 0.05) is 0 Å². The van der Waals surface area contributed by atoms with Crippen LogP contribution in [0, 0.1) is 0 Å². The molecule has 0 saturated carbocycles. The molecule has 7 rings (SSSR count). The number of aromatic nitrogens is 2. The Kier molecular flexibility index (Phi) is 4.47. The van der Waals surface area contributed by atoms with E-state index in [1.807, 2.05) is 18.2 Å². The summed E-state index contributed by atoms with van der Waals surface area (Å²) in [5.74, 6) is 0.629. The first-order valence-corrected chi connectivity index (χ1v) is 13.8. The number of imidazole rings is 1. The standard InChI is InChI=1S/C31H22N2OSi/c1-4-12-23(13-5-1)35(24-14-6-2-7-15-24,25-16-8-3-9-17-25)26-20-21-27-29(22-26)33-28-18-10-11-19-30(28)34-31(33)32-27/h1-22H. The molecule has 0 unspecified atom stereocenters. The van der Waals surface area contributed by atoms with Gasteiger partial charge in [-0.2, -0.15) is 4.98 Å². The van der Waals surface area contributed by atoms with Crippen LogP contribution in [-0.2, 0) is 0 Å². The SMILES string of the molecule is c1ccc([Si](c2ccccc2)(c2ccccc2)c2ccc3nc4oc5ccccc5n4c3c2)cc1. The summed E-state index contributed by atoms with van der Waals surface area (Å²) in [6.07, 6.45) is 0. The van der Waals surface area contributed by atoms with Gasteiger partial charge in [-0.15, -0.1) is 0 Å². The molecule has 0 spiro atoms. The van der Waals surface area contributed by atoms with Crippen molar-refractivity contribution in [2.24, 2.45) is 0 Å². The van der Waals surface area contributed by atoms with Gasteiger partial charge in [-0.05, 0) is 45.0 Å². The third-order valence-electron chi connectivity index (χ3n) is 6.98. The predicted octanol–water partition coefficient (Wildman–Crippen LogP) is 4.61. The highest BCUT2D eigenvalue weighted by Gasteiger charge is 2.41. The zero-order valence-corrected chi connectivity index (χ0v) is 20.0. The largest absolute Gasteiger partial charge is 0.423 e. The molecule has 0 aliphatic heterocycles. The molecule has 0 amide bonds. The molecule has 0 bridgehead atoms. The van der Waals surface area contributed by atoms with Gasteiger partial charge < -0.3 is 4.42 Å². The van der Waals surface area contributed by atoms with E-state index in [0.717, 1.165) is 22.1 Å². The van der Waals surface area contributed by atoms with Gasteiger partial charge in [0.25, 0.3) is 0 Å². The van der Waals surface area contributed by atoms with E-state index in [0.29, 0.717) is 5.84 Å². The lowest BCUT2D eigenvalue weighted by atomic mass is 10.3. The molecule has 166 valence electrons. The molecule has 0 radical (unpaired) electrons. The third kappa shape index (κ3) is 2.94. The molecule has 0 N–H and O–H groups in total. The summed E-state index contributed by atoms with van der Waals surface area (Å²) >= 11 is 0. The van der Waals surface area contributed by atoms with Crippen LogP contribution >= 0.6 is 0 Å². The number of rotatable bonds is 4. The van der Waals surface area contributed by atoms with Crippen LogP contribution in [0.25, 0.3) is 28.0 Å². The Labute approximate surface area is 203 Å². The number of hydrogen-bond donors (Lipinski definition) is 0. The first-order valence-electron chi connectivity index (χ1n) is 11.8. The first-order chi connectivity index (χ1) is 17.4. The van der Waals surface area contributed by atoms with Crippen molar-refractivity contribution in [3.8, 4) is 0 Å². The van der Waals surface area contributed by atoms with Crippen LogP contribution in [0.5, 0.6) is 0 Å². The number of hydrogen-bond acceptors (Lipinski definition) is 2. The van der Waals surface area contributed by atoms with Crippen molar-refractivity contribution in [3.63, 3.8) is 0 Å². The number of oxazole rings is 1. The molecule has 5 aromatic carbocycles. The number of nitrogens with zero attached hydrogens (tertiary/aromatic N) is 2. The maximum Gasteiger partial charge on any atom is 0.307 e. The topological polar surface area (TPSA) is 30.4 Å². The van der Waals surface area contributed by atoms with E-state index in [2.05, 4.69) is 120 Å². The fourth-order valence-electron chi connectivity index (χ4n) is 5.48. The lowest BCUT2D eigenvalue weighted by Crippen LogP contribution is -2.74. The Morgan fingerprint density at radius 1 is 0.514 bits per heavy atom. The summed E-state index contributed by atoms with van der Waals surface area (Å²) < 4.78 is 8.23. The second kappa shape index (κ2) is 7.83. The predicted molar refractivity (Wildman–Crippen MR) is 146 cm³/mol. The van der Waals surface area contributed by atoms with Gasteiger partial charge in [0.1, 0.15) is 0 Å². The van der Waals surface area contributed by atoms with E-state index in [4.69, 9.17) is 9.40 Å². The summed E-state index contributed by atoms with van der Waals surface area (Å²) in [6, 6.07) is 47.8. The molecular weight excluding hydrogens is 444 g/mol. The molecule has 4 heteroatoms. The van der Waals surface area contributed by atoms with Crippen LogP contribution in [0.2, 0.25) is 0 Å². The Balaban J connectivity index is 1.62. The molecule has 0 saturated heterocycles. The van der Waals surface area contributed by atoms with Crippen molar-refractivity contribution in [3.05, 3.63) is 133 Å². The highest BCUT2D eigenvalue weighted by Crippen LogP contribution is 2.25. The van der Waals surface area contributed by atoms with E-state index in [9.17, 15) is 0 Å². The van der Waals surface area contributed by atoms with Crippen LogP contribution in [0.4, 0.5) is 0 Å². The lowest BCUT2D eigenvalue weighted by molar-refractivity contribution is 0.643. The number of para-hydroxylation sites is 2. The zero-order valence-electron chi connectivity index (χ0n) is 19.0. The maximum atomic E-state index is 6.08. The van der Waals surface area contributed by atoms with Crippen molar-refractivity contribution in [1.29, 1.82) is 0 Å². The first kappa shape index (κ1) is 20.0. The van der Waals surface area contributed by atoms with Crippen LogP contribution in [0.1, 0.15) is 0 Å². The molecule has 2 aromatic heterocycles. The molecule has 0 aliphatic carbocycles. The summed E-state index contributed by atoms with van der Waals surface area (Å²) in [5, 5.41) is 5.39. The molecule has 0 aliphatic rings. The normalized spacial score (nSPS) is 12.0. The lowest BCUT2D eigenvalue weighted by Gasteiger charge is -2.34. The van der Waals surface area contributed by atoms with Crippen molar-refractivity contribution >= 4 is 56.8 Å². The minimum atomic E-state index is -2.60. The minimum Gasteiger partial charge on any atom is -0.423 e. The van der Waals surface area contributed by atoms with E-state index in [-0.39, 0.29) is 0 Å². The Morgan fingerprint density at radius 3 is 1.66 bits per heavy atom. The summed E-state index contributed by atoms with van der Waals surface area (Å²) in [4.78, 5) is 4.81. The Bertz CT molecular complexity index is 1690. The number of benzene rings is 5. The van der Waals surface area contributed by atoms with Gasteiger partial charge in [0.05, 0.1) is 16.6 Å². The highest BCUT2D eigenvalue weighted by atomic mass is 28.3. The smallest absolute Gasteiger partial charge is 0.307 e. The second-order valence-corrected chi connectivity index (χ2v) is 12.7. The van der Waals surface area contributed by atoms with Crippen LogP contribution < -0.4 is 20.7 Å². The highest BCUT2D eigenvalue weighted by molar-refractivity contribution is 7.20. The quantitative estimate of drug-likeness (QED) is 0.280. The van der Waals surface area contributed by atoms with Crippen LogP contribution in [0.15, 0.2) is 138 Å². The van der Waals surface area contributed by atoms with Gasteiger partial charge in [-0.1, -0.05) is 109 Å². The molecule has 2 heterocycles. The summed E-state index contributed by atoms with van der Waals surface area (Å²) in [5.41, 5.74) is 3.89. The van der Waals surface area contributed by atoms with E-state index in [1.54, 1.807) is 0 Å². The second-order valence-electron chi connectivity index (χ2n) is 8.85. The molecule has 3 nitrogen and oxygen atoms in total. The van der Waals surface area contributed by atoms with Gasteiger partial charge in [0.15, 0.2) is 13.7 Å². The zero-order chi connectivity index (χ0) is 23.2. The fraction of sp³-hybridized carbons (Fsp3) is 0. The Hall–Kier alpha value is -4.41. The van der Waals surface area contributed by atoms with Gasteiger partial charge in [-0.3, -0.25) is 4.40 Å². The fourth-order valence-corrected chi connectivity index (χ4v) is 10.2. The van der Waals surface area contributed by atoms with E-state index < -0.39 is 8.07 Å². The van der Waals surface area contributed by atoms with Crippen molar-refractivity contribution in [1.82, 2.24) is 9.38 Å². The average molecular weight is 467 g/mol.